The first-order chi connectivity index (χ1) is 14.8. The molecule has 0 aliphatic carbocycles. The van der Waals surface area contributed by atoms with Gasteiger partial charge in [0.15, 0.2) is 0 Å². The van der Waals surface area contributed by atoms with E-state index in [0.29, 0.717) is 5.88 Å². The molecule has 0 radical (unpaired) electrons. The van der Waals surface area contributed by atoms with Crippen LogP contribution in [-0.4, -0.2) is 74.4 Å². The van der Waals surface area contributed by atoms with Crippen molar-refractivity contribution in [1.82, 2.24) is 14.8 Å². The molecule has 0 spiro atoms. The summed E-state index contributed by atoms with van der Waals surface area (Å²) < 4.78 is 17.1. The molecular weight excluding hydrogens is 378 g/mol. The maximum Gasteiger partial charge on any atom is 0.213 e. The Labute approximate surface area is 179 Å². The summed E-state index contributed by atoms with van der Waals surface area (Å²) in [7, 11) is 1.65. The highest BCUT2D eigenvalue weighted by molar-refractivity contribution is 5.62. The molecule has 1 aromatic carbocycles. The number of rotatable bonds is 8. The van der Waals surface area contributed by atoms with Gasteiger partial charge in [0.2, 0.25) is 5.88 Å². The van der Waals surface area contributed by atoms with E-state index in [4.69, 9.17) is 14.2 Å². The summed E-state index contributed by atoms with van der Waals surface area (Å²) in [4.78, 5) is 9.54. The van der Waals surface area contributed by atoms with Crippen LogP contribution in [0.5, 0.6) is 11.6 Å². The summed E-state index contributed by atoms with van der Waals surface area (Å²) in [6, 6.07) is 12.3. The second-order valence-electron chi connectivity index (χ2n) is 8.03. The monoisotopic (exact) mass is 411 g/mol. The minimum absolute atomic E-state index is 0.629. The summed E-state index contributed by atoms with van der Waals surface area (Å²) in [6.45, 7) is 8.48. The first-order valence-electron chi connectivity index (χ1n) is 11.1. The van der Waals surface area contributed by atoms with Gasteiger partial charge in [-0.1, -0.05) is 12.5 Å². The average Bonchev–Trinajstić information content (AvgIpc) is 2.81. The molecule has 2 aliphatic heterocycles. The molecule has 0 unspecified atom stereocenters. The van der Waals surface area contributed by atoms with E-state index in [1.807, 2.05) is 18.2 Å². The third-order valence-corrected chi connectivity index (χ3v) is 5.90. The van der Waals surface area contributed by atoms with E-state index in [1.54, 1.807) is 7.11 Å². The zero-order valence-corrected chi connectivity index (χ0v) is 18.0. The van der Waals surface area contributed by atoms with Crippen molar-refractivity contribution < 1.29 is 14.2 Å². The molecule has 3 heterocycles. The maximum atomic E-state index is 6.27. The normalized spacial score (nSPS) is 18.3. The highest BCUT2D eigenvalue weighted by Crippen LogP contribution is 2.28. The van der Waals surface area contributed by atoms with E-state index in [-0.39, 0.29) is 0 Å². The molecule has 0 atom stereocenters. The van der Waals surface area contributed by atoms with Gasteiger partial charge in [-0.2, -0.15) is 0 Å². The lowest BCUT2D eigenvalue weighted by Crippen LogP contribution is -2.36. The van der Waals surface area contributed by atoms with Crippen LogP contribution < -0.4 is 9.47 Å². The van der Waals surface area contributed by atoms with Gasteiger partial charge in [-0.15, -0.1) is 0 Å². The first kappa shape index (κ1) is 21.1. The fraction of sp³-hybridized carbons (Fsp3) is 0.542. The van der Waals surface area contributed by atoms with Gasteiger partial charge < -0.3 is 14.2 Å². The number of ether oxygens (including phenoxy) is 3. The molecule has 4 rings (SSSR count). The van der Waals surface area contributed by atoms with E-state index in [0.717, 1.165) is 63.0 Å². The third kappa shape index (κ3) is 5.72. The number of aromatic nitrogens is 1. The maximum absolute atomic E-state index is 6.27. The Bertz CT molecular complexity index is 802. The Balaban J connectivity index is 1.49. The lowest BCUT2D eigenvalue weighted by molar-refractivity contribution is 0.0337. The summed E-state index contributed by atoms with van der Waals surface area (Å²) >= 11 is 0. The van der Waals surface area contributed by atoms with Crippen molar-refractivity contribution in [3.8, 4) is 22.9 Å². The molecule has 0 bridgehead atoms. The number of nitrogens with zero attached hydrogens (tertiary/aromatic N) is 3. The molecule has 0 N–H and O–H groups in total. The molecule has 162 valence electrons. The Kier molecular flexibility index (Phi) is 7.56. The molecule has 30 heavy (non-hydrogen) atoms. The number of hydrogen-bond acceptors (Lipinski definition) is 6. The minimum atomic E-state index is 0.629. The molecule has 1 aromatic heterocycles. The highest BCUT2D eigenvalue weighted by Gasteiger charge is 2.16. The number of methoxy groups -OCH3 is 1. The highest BCUT2D eigenvalue weighted by atomic mass is 16.5. The molecule has 2 fully saturated rings. The Hall–Kier alpha value is -2.15. The van der Waals surface area contributed by atoms with Crippen LogP contribution in [0, 0.1) is 0 Å². The second-order valence-corrected chi connectivity index (χ2v) is 8.03. The molecule has 2 saturated heterocycles. The molecular formula is C24H33N3O3. The van der Waals surface area contributed by atoms with Crippen LogP contribution in [-0.2, 0) is 11.3 Å². The van der Waals surface area contributed by atoms with Gasteiger partial charge in [-0.3, -0.25) is 9.80 Å². The van der Waals surface area contributed by atoms with Crippen molar-refractivity contribution in [2.75, 3.05) is 59.7 Å². The van der Waals surface area contributed by atoms with Gasteiger partial charge >= 0.3 is 0 Å². The lowest BCUT2D eigenvalue weighted by Gasteiger charge is -2.28. The Morgan fingerprint density at radius 2 is 1.80 bits per heavy atom. The summed E-state index contributed by atoms with van der Waals surface area (Å²) in [5.41, 5.74) is 3.20. The smallest absolute Gasteiger partial charge is 0.213 e. The third-order valence-electron chi connectivity index (χ3n) is 5.90. The van der Waals surface area contributed by atoms with Crippen LogP contribution >= 0.6 is 0 Å². The molecule has 0 amide bonds. The number of piperidine rings is 1. The van der Waals surface area contributed by atoms with Gasteiger partial charge in [0.05, 0.1) is 26.0 Å². The molecule has 0 saturated carbocycles. The van der Waals surface area contributed by atoms with Crippen molar-refractivity contribution in [2.24, 2.45) is 0 Å². The van der Waals surface area contributed by atoms with Crippen molar-refractivity contribution in [2.45, 2.75) is 25.8 Å². The lowest BCUT2D eigenvalue weighted by atomic mass is 10.1. The van der Waals surface area contributed by atoms with Crippen LogP contribution in [0.3, 0.4) is 0 Å². The van der Waals surface area contributed by atoms with Crippen molar-refractivity contribution >= 4 is 0 Å². The van der Waals surface area contributed by atoms with Crippen molar-refractivity contribution in [1.29, 1.82) is 0 Å². The molecule has 6 heteroatoms. The predicted molar refractivity (Wildman–Crippen MR) is 118 cm³/mol. The van der Waals surface area contributed by atoms with E-state index in [9.17, 15) is 0 Å². The van der Waals surface area contributed by atoms with Crippen LogP contribution in [0.1, 0.15) is 24.8 Å². The average molecular weight is 412 g/mol. The van der Waals surface area contributed by atoms with Gasteiger partial charge in [0, 0.05) is 43.4 Å². The second kappa shape index (κ2) is 10.8. The quantitative estimate of drug-likeness (QED) is 0.663. The van der Waals surface area contributed by atoms with E-state index in [2.05, 4.69) is 33.0 Å². The van der Waals surface area contributed by atoms with Gasteiger partial charge in [0.1, 0.15) is 12.4 Å². The van der Waals surface area contributed by atoms with E-state index in [1.165, 1.54) is 37.9 Å². The molecule has 6 nitrogen and oxygen atoms in total. The summed E-state index contributed by atoms with van der Waals surface area (Å²) in [5, 5.41) is 0. The number of likely N-dealkylation sites (tertiary alicyclic amines) is 1. The number of hydrogen-bond donors (Lipinski definition) is 0. The van der Waals surface area contributed by atoms with Gasteiger partial charge in [0.25, 0.3) is 0 Å². The van der Waals surface area contributed by atoms with Crippen molar-refractivity contribution in [3.63, 3.8) is 0 Å². The molecule has 2 aromatic rings. The Morgan fingerprint density at radius 1 is 0.967 bits per heavy atom. The van der Waals surface area contributed by atoms with Gasteiger partial charge in [-0.05, 0) is 50.2 Å². The Morgan fingerprint density at radius 3 is 2.60 bits per heavy atom. The van der Waals surface area contributed by atoms with E-state index >= 15 is 0 Å². The summed E-state index contributed by atoms with van der Waals surface area (Å²) in [5.74, 6) is 1.61. The van der Waals surface area contributed by atoms with Crippen LogP contribution in [0.25, 0.3) is 11.3 Å². The number of morpholine rings is 1. The van der Waals surface area contributed by atoms with Crippen LogP contribution in [0.15, 0.2) is 36.4 Å². The largest absolute Gasteiger partial charge is 0.492 e. The fourth-order valence-corrected chi connectivity index (χ4v) is 4.16. The topological polar surface area (TPSA) is 47.1 Å². The zero-order chi connectivity index (χ0) is 20.6. The minimum Gasteiger partial charge on any atom is -0.492 e. The van der Waals surface area contributed by atoms with Crippen LogP contribution in [0.4, 0.5) is 0 Å². The standard InChI is InChI=1S/C24H33N3O3/c1-28-24-7-5-6-22(25-24)20-8-9-23(30-17-14-26-10-3-2-4-11-26)21(18-20)19-27-12-15-29-16-13-27/h5-9,18H,2-4,10-17,19H2,1H3. The SMILES string of the molecule is COc1cccc(-c2ccc(OCCN3CCCCC3)c(CN3CCOCC3)c2)n1. The number of benzene rings is 1. The summed E-state index contributed by atoms with van der Waals surface area (Å²) in [6.07, 6.45) is 3.98. The zero-order valence-electron chi connectivity index (χ0n) is 18.0. The molecule has 2 aliphatic rings. The predicted octanol–water partition coefficient (Wildman–Crippen LogP) is 3.45. The van der Waals surface area contributed by atoms with Crippen LogP contribution in [0.2, 0.25) is 0 Å². The number of pyridine rings is 1. The van der Waals surface area contributed by atoms with E-state index < -0.39 is 0 Å². The van der Waals surface area contributed by atoms with Crippen molar-refractivity contribution in [3.05, 3.63) is 42.0 Å². The van der Waals surface area contributed by atoms with Gasteiger partial charge in [-0.25, -0.2) is 4.98 Å². The first-order valence-corrected chi connectivity index (χ1v) is 11.1. The fourth-order valence-electron chi connectivity index (χ4n) is 4.16.